The zero-order valence-corrected chi connectivity index (χ0v) is 22.6. The minimum Gasteiger partial charge on any atom is -0.379 e. The van der Waals surface area contributed by atoms with Crippen LogP contribution in [-0.4, -0.2) is 78.3 Å². The first kappa shape index (κ1) is 27.9. The van der Waals surface area contributed by atoms with E-state index >= 15 is 0 Å². The van der Waals surface area contributed by atoms with E-state index in [1.54, 1.807) is 48.5 Å². The Kier molecular flexibility index (Phi) is 8.84. The van der Waals surface area contributed by atoms with E-state index in [0.717, 1.165) is 5.56 Å². The number of carbonyl (C=O) groups excluding carboxylic acids is 2. The van der Waals surface area contributed by atoms with Gasteiger partial charge in [0.1, 0.15) is 18.2 Å². The summed E-state index contributed by atoms with van der Waals surface area (Å²) >= 11 is 6.09. The molecule has 0 bridgehead atoms. The molecule has 0 N–H and O–H groups in total. The van der Waals surface area contributed by atoms with Gasteiger partial charge in [0.25, 0.3) is 11.8 Å². The highest BCUT2D eigenvalue weighted by Crippen LogP contribution is 2.34. The lowest BCUT2D eigenvalue weighted by Gasteiger charge is -2.31. The lowest BCUT2D eigenvalue weighted by molar-refractivity contribution is -0.133. The number of amides is 2. The Hall–Kier alpha value is -3.66. The second kappa shape index (κ2) is 12.7. The van der Waals surface area contributed by atoms with Crippen molar-refractivity contribution in [3.05, 3.63) is 106 Å². The molecule has 2 amide bonds. The number of hydrogen-bond acceptors (Lipinski definition) is 5. The Labute approximate surface area is 236 Å². The lowest BCUT2D eigenvalue weighted by atomic mass is 9.98. The monoisotopic (exact) mass is 566 g/mol. The van der Waals surface area contributed by atoms with E-state index in [-0.39, 0.29) is 25.1 Å². The number of ether oxygens (including phenoxy) is 1. The van der Waals surface area contributed by atoms with Crippen molar-refractivity contribution in [2.45, 2.75) is 12.5 Å². The van der Waals surface area contributed by atoms with Crippen molar-refractivity contribution in [1.29, 1.82) is 0 Å². The van der Waals surface area contributed by atoms with Crippen molar-refractivity contribution >= 4 is 29.1 Å². The van der Waals surface area contributed by atoms with Gasteiger partial charge >= 0.3 is 0 Å². The minimum absolute atomic E-state index is 0.108. The Morgan fingerprint density at radius 3 is 2.33 bits per heavy atom. The molecule has 1 unspecified atom stereocenters. The van der Waals surface area contributed by atoms with Gasteiger partial charge in [-0.2, -0.15) is 5.10 Å². The summed E-state index contributed by atoms with van der Waals surface area (Å²) in [6, 6.07) is 18.5. The number of morpholine rings is 1. The molecule has 0 saturated carbocycles. The molecule has 0 radical (unpaired) electrons. The van der Waals surface area contributed by atoms with Gasteiger partial charge in [-0.3, -0.25) is 14.5 Å². The van der Waals surface area contributed by atoms with Gasteiger partial charge < -0.3 is 9.64 Å². The molecule has 0 spiro atoms. The summed E-state index contributed by atoms with van der Waals surface area (Å²) in [5.74, 6) is -2.14. The zero-order valence-electron chi connectivity index (χ0n) is 21.8. The number of nitrogens with zero attached hydrogens (tertiary/aromatic N) is 4. The number of carbonyl (C=O) groups is 2. The van der Waals surface area contributed by atoms with Crippen molar-refractivity contribution in [3.8, 4) is 0 Å². The maximum Gasteiger partial charge on any atom is 0.262 e. The number of hydrazone groups is 1. The SMILES string of the molecule is O=C(c1ccccc1F)N(CCN1CCOCC1)CC(=O)N1N=C(c2ccccc2F)CC1c1ccc(Cl)cc1. The fourth-order valence-electron chi connectivity index (χ4n) is 4.92. The normalized spacial score (nSPS) is 17.5. The van der Waals surface area contributed by atoms with Crippen LogP contribution in [0.4, 0.5) is 8.78 Å². The highest BCUT2D eigenvalue weighted by molar-refractivity contribution is 6.30. The van der Waals surface area contributed by atoms with E-state index in [4.69, 9.17) is 16.3 Å². The van der Waals surface area contributed by atoms with Gasteiger partial charge in [0.2, 0.25) is 0 Å². The van der Waals surface area contributed by atoms with E-state index in [0.29, 0.717) is 49.1 Å². The zero-order chi connectivity index (χ0) is 28.1. The summed E-state index contributed by atoms with van der Waals surface area (Å²) in [5, 5.41) is 6.39. The largest absolute Gasteiger partial charge is 0.379 e. The first-order valence-electron chi connectivity index (χ1n) is 13.1. The Bertz CT molecular complexity index is 1400. The van der Waals surface area contributed by atoms with Gasteiger partial charge in [0.05, 0.1) is 30.5 Å². The van der Waals surface area contributed by atoms with Crippen molar-refractivity contribution in [2.75, 3.05) is 45.9 Å². The summed E-state index contributed by atoms with van der Waals surface area (Å²) in [6.45, 7) is 2.97. The summed E-state index contributed by atoms with van der Waals surface area (Å²) in [4.78, 5) is 30.8. The Morgan fingerprint density at radius 1 is 0.950 bits per heavy atom. The predicted octanol–water partition coefficient (Wildman–Crippen LogP) is 4.77. The van der Waals surface area contributed by atoms with Gasteiger partial charge in [-0.25, -0.2) is 13.8 Å². The average Bonchev–Trinajstić information content (AvgIpc) is 3.42. The third-order valence-corrected chi connectivity index (χ3v) is 7.36. The third kappa shape index (κ3) is 6.38. The van der Waals surface area contributed by atoms with Crippen LogP contribution in [0, 0.1) is 11.6 Å². The number of rotatable bonds is 8. The molecule has 3 aromatic rings. The van der Waals surface area contributed by atoms with Crippen molar-refractivity contribution in [2.24, 2.45) is 5.10 Å². The van der Waals surface area contributed by atoms with Gasteiger partial charge in [-0.15, -0.1) is 0 Å². The van der Waals surface area contributed by atoms with Crippen LogP contribution in [0.15, 0.2) is 77.9 Å². The molecule has 1 atom stereocenters. The molecule has 40 heavy (non-hydrogen) atoms. The summed E-state index contributed by atoms with van der Waals surface area (Å²) in [6.07, 6.45) is 0.281. The van der Waals surface area contributed by atoms with Crippen molar-refractivity contribution in [1.82, 2.24) is 14.8 Å². The number of halogens is 3. The highest BCUT2D eigenvalue weighted by Gasteiger charge is 2.35. The van der Waals surface area contributed by atoms with Crippen LogP contribution in [0.2, 0.25) is 5.02 Å². The highest BCUT2D eigenvalue weighted by atomic mass is 35.5. The molecule has 1 fully saturated rings. The second-order valence-corrected chi connectivity index (χ2v) is 10.1. The molecule has 2 heterocycles. The minimum atomic E-state index is -0.656. The van der Waals surface area contributed by atoms with Crippen molar-refractivity contribution in [3.63, 3.8) is 0 Å². The summed E-state index contributed by atoms with van der Waals surface area (Å²) < 4.78 is 34.7. The summed E-state index contributed by atoms with van der Waals surface area (Å²) in [7, 11) is 0. The fraction of sp³-hybridized carbons (Fsp3) is 0.300. The third-order valence-electron chi connectivity index (χ3n) is 7.11. The number of hydrogen-bond donors (Lipinski definition) is 0. The van der Waals surface area contributed by atoms with Crippen LogP contribution in [0.3, 0.4) is 0 Å². The molecule has 1 saturated heterocycles. The predicted molar refractivity (Wildman–Crippen MR) is 148 cm³/mol. The van der Waals surface area contributed by atoms with E-state index in [2.05, 4.69) is 10.0 Å². The molecule has 0 aliphatic carbocycles. The Morgan fingerprint density at radius 2 is 1.62 bits per heavy atom. The van der Waals surface area contributed by atoms with Gasteiger partial charge in [-0.1, -0.05) is 54.1 Å². The molecule has 2 aliphatic heterocycles. The fourth-order valence-corrected chi connectivity index (χ4v) is 5.05. The van der Waals surface area contributed by atoms with Crippen LogP contribution in [0.25, 0.3) is 0 Å². The Balaban J connectivity index is 1.43. The lowest BCUT2D eigenvalue weighted by Crippen LogP contribution is -2.46. The van der Waals surface area contributed by atoms with Gasteiger partial charge in [-0.05, 0) is 35.9 Å². The molecule has 10 heteroatoms. The van der Waals surface area contributed by atoms with E-state index in [9.17, 15) is 18.4 Å². The van der Waals surface area contributed by atoms with Gasteiger partial charge in [0, 0.05) is 43.2 Å². The molecule has 7 nitrogen and oxygen atoms in total. The molecule has 2 aliphatic rings. The maximum absolute atomic E-state index is 14.7. The van der Waals surface area contributed by atoms with Gasteiger partial charge in [0.15, 0.2) is 0 Å². The quantitative estimate of drug-likeness (QED) is 0.394. The molecule has 5 rings (SSSR count). The standard InChI is InChI=1S/C30H29ClF2N4O3/c31-22-11-9-21(10-12-22)28-19-27(23-5-1-3-7-25(23)32)34-37(28)29(38)20-36(14-13-35-15-17-40-18-16-35)30(39)24-6-2-4-8-26(24)33/h1-12,28H,13-20H2. The molecular formula is C30H29ClF2N4O3. The maximum atomic E-state index is 14.7. The molecule has 3 aromatic carbocycles. The van der Waals surface area contributed by atoms with Crippen LogP contribution < -0.4 is 0 Å². The average molecular weight is 567 g/mol. The van der Waals surface area contributed by atoms with E-state index in [1.807, 2.05) is 0 Å². The first-order valence-corrected chi connectivity index (χ1v) is 13.5. The first-order chi connectivity index (χ1) is 19.4. The van der Waals surface area contributed by atoms with Crippen LogP contribution in [-0.2, 0) is 9.53 Å². The van der Waals surface area contributed by atoms with E-state index < -0.39 is 29.5 Å². The second-order valence-electron chi connectivity index (χ2n) is 9.70. The van der Waals surface area contributed by atoms with Crippen LogP contribution in [0.5, 0.6) is 0 Å². The van der Waals surface area contributed by atoms with Crippen molar-refractivity contribution < 1.29 is 23.1 Å². The molecule has 208 valence electrons. The molecular weight excluding hydrogens is 538 g/mol. The number of benzene rings is 3. The summed E-state index contributed by atoms with van der Waals surface area (Å²) in [5.41, 5.74) is 1.40. The van der Waals surface area contributed by atoms with E-state index in [1.165, 1.54) is 34.2 Å². The topological polar surface area (TPSA) is 65.5 Å². The van der Waals surface area contributed by atoms with Crippen LogP contribution >= 0.6 is 11.6 Å². The van der Waals surface area contributed by atoms with Crippen LogP contribution in [0.1, 0.15) is 33.9 Å². The molecule has 0 aromatic heterocycles. The smallest absolute Gasteiger partial charge is 0.262 e.